The Labute approximate surface area is 82.5 Å². The highest BCUT2D eigenvalue weighted by atomic mass is 16.5. The zero-order valence-electron chi connectivity index (χ0n) is 7.77. The highest BCUT2D eigenvalue weighted by molar-refractivity contribution is 5.24. The van der Waals surface area contributed by atoms with E-state index in [9.17, 15) is 0 Å². The molecule has 1 fully saturated rings. The van der Waals surface area contributed by atoms with Gasteiger partial charge < -0.3 is 15.3 Å². The van der Waals surface area contributed by atoms with Crippen molar-refractivity contribution in [3.63, 3.8) is 0 Å². The number of nitrogens with zero attached hydrogens (tertiary/aromatic N) is 3. The van der Waals surface area contributed by atoms with Crippen LogP contribution in [0.2, 0.25) is 0 Å². The van der Waals surface area contributed by atoms with Gasteiger partial charge in [0.15, 0.2) is 0 Å². The van der Waals surface area contributed by atoms with Crippen molar-refractivity contribution in [2.45, 2.75) is 24.7 Å². The molecule has 14 heavy (non-hydrogen) atoms. The van der Waals surface area contributed by atoms with Gasteiger partial charge in [0.25, 0.3) is 0 Å². The number of hydrogen-bond acceptors (Lipinski definition) is 4. The second-order valence-electron chi connectivity index (χ2n) is 3.31. The topological polar surface area (TPSA) is 87.2 Å². The van der Waals surface area contributed by atoms with Crippen molar-refractivity contribution in [3.05, 3.63) is 11.4 Å². The van der Waals surface area contributed by atoms with Crippen molar-refractivity contribution in [1.29, 1.82) is 10.5 Å². The summed E-state index contributed by atoms with van der Waals surface area (Å²) >= 11 is 0. The van der Waals surface area contributed by atoms with Crippen LogP contribution >= 0.6 is 0 Å². The maximum atomic E-state index is 8.90. The number of nitriles is 2. The first-order valence-corrected chi connectivity index (χ1v) is 4.18. The van der Waals surface area contributed by atoms with Crippen LogP contribution in [0.5, 0.6) is 0 Å². The van der Waals surface area contributed by atoms with Gasteiger partial charge in [-0.25, -0.2) is 6.57 Å². The molecule has 0 aromatic rings. The van der Waals surface area contributed by atoms with E-state index >= 15 is 0 Å². The average molecular weight is 190 g/mol. The zero-order chi connectivity index (χ0) is 10.8. The molecule has 0 aromatic carbocycles. The highest BCUT2D eigenvalue weighted by Crippen LogP contribution is 2.33. The highest BCUT2D eigenvalue weighted by Gasteiger charge is 2.54. The summed E-state index contributed by atoms with van der Waals surface area (Å²) in [6.07, 6.45) is -1.05. The summed E-state index contributed by atoms with van der Waals surface area (Å²) in [7, 11) is 0. The van der Waals surface area contributed by atoms with Crippen LogP contribution in [0.3, 0.4) is 0 Å². The molecule has 1 aliphatic rings. The monoisotopic (exact) mass is 190 g/mol. The van der Waals surface area contributed by atoms with Gasteiger partial charge in [-0.2, -0.15) is 10.5 Å². The predicted molar refractivity (Wildman–Crippen MR) is 47.4 cm³/mol. The molecule has 0 bridgehead atoms. The van der Waals surface area contributed by atoms with Gasteiger partial charge in [0, 0.05) is 0 Å². The summed E-state index contributed by atoms with van der Waals surface area (Å²) in [4.78, 5) is 3.16. The van der Waals surface area contributed by atoms with Crippen LogP contribution in [0, 0.1) is 35.2 Å². The molecular formula is C9H10N4O. The second kappa shape index (κ2) is 3.64. The van der Waals surface area contributed by atoms with E-state index in [1.807, 2.05) is 12.1 Å². The lowest BCUT2D eigenvalue weighted by atomic mass is 9.82. The van der Waals surface area contributed by atoms with E-state index in [-0.39, 0.29) is 6.54 Å². The minimum Gasteiger partial charge on any atom is -0.363 e. The van der Waals surface area contributed by atoms with Crippen molar-refractivity contribution < 1.29 is 4.74 Å². The largest absolute Gasteiger partial charge is 0.363 e. The third kappa shape index (κ3) is 1.32. The predicted octanol–water partition coefficient (Wildman–Crippen LogP) is 0.0539. The van der Waals surface area contributed by atoms with Crippen LogP contribution in [-0.4, -0.2) is 24.3 Å². The second-order valence-corrected chi connectivity index (χ2v) is 3.31. The fourth-order valence-electron chi connectivity index (χ4n) is 1.60. The van der Waals surface area contributed by atoms with Gasteiger partial charge in [-0.3, -0.25) is 0 Å². The number of ether oxygens (including phenoxy) is 1. The molecule has 1 saturated heterocycles. The lowest BCUT2D eigenvalue weighted by molar-refractivity contribution is 0.0524. The van der Waals surface area contributed by atoms with E-state index in [0.717, 1.165) is 0 Å². The molecule has 5 nitrogen and oxygen atoms in total. The van der Waals surface area contributed by atoms with Crippen molar-refractivity contribution in [1.82, 2.24) is 0 Å². The molecule has 0 amide bonds. The molecular weight excluding hydrogens is 180 g/mol. The Bertz CT molecular complexity index is 347. The number of rotatable bonds is 1. The van der Waals surface area contributed by atoms with E-state index in [1.165, 1.54) is 0 Å². The number of nitrogens with two attached hydrogens (primary N) is 1. The zero-order valence-corrected chi connectivity index (χ0v) is 7.77. The van der Waals surface area contributed by atoms with Crippen molar-refractivity contribution in [2.75, 3.05) is 6.54 Å². The molecule has 0 saturated carbocycles. The third-order valence-electron chi connectivity index (χ3n) is 2.54. The Hall–Kier alpha value is -1.61. The Kier molecular flexibility index (Phi) is 2.72. The molecule has 1 rings (SSSR count). The lowest BCUT2D eigenvalue weighted by Crippen LogP contribution is -2.50. The van der Waals surface area contributed by atoms with Gasteiger partial charge in [0.05, 0.1) is 18.2 Å². The fourth-order valence-corrected chi connectivity index (χ4v) is 1.60. The van der Waals surface area contributed by atoms with Crippen LogP contribution in [0.1, 0.15) is 6.92 Å². The molecule has 1 heterocycles. The number of hydrogen-bond donors (Lipinski definition) is 1. The Morgan fingerprint density at radius 2 is 2.29 bits per heavy atom. The van der Waals surface area contributed by atoms with E-state index < -0.39 is 23.7 Å². The maximum Gasteiger partial charge on any atom is 0.241 e. The SMILES string of the molecule is [C-]#[N+]C[C@H]1O[C@@H](C)[C@@](N)(C#N)C1C#N. The van der Waals surface area contributed by atoms with E-state index in [0.29, 0.717) is 0 Å². The normalized spacial score (nSPS) is 40.9. The minimum absolute atomic E-state index is 0.0726. The van der Waals surface area contributed by atoms with Crippen LogP contribution in [0.4, 0.5) is 0 Å². The molecule has 1 aliphatic heterocycles. The quantitative estimate of drug-likeness (QED) is 0.592. The third-order valence-corrected chi connectivity index (χ3v) is 2.54. The fraction of sp³-hybridized carbons (Fsp3) is 0.667. The molecule has 0 spiro atoms. The summed E-state index contributed by atoms with van der Waals surface area (Å²) in [5, 5.41) is 17.8. The van der Waals surface area contributed by atoms with Crippen molar-refractivity contribution in [3.8, 4) is 12.1 Å². The summed E-state index contributed by atoms with van der Waals surface area (Å²) in [6.45, 7) is 8.42. The van der Waals surface area contributed by atoms with E-state index in [1.54, 1.807) is 6.92 Å². The summed E-state index contributed by atoms with van der Waals surface area (Å²) in [5.74, 6) is -0.725. The van der Waals surface area contributed by atoms with Crippen molar-refractivity contribution in [2.24, 2.45) is 11.7 Å². The first-order valence-electron chi connectivity index (χ1n) is 4.18. The van der Waals surface area contributed by atoms with Gasteiger partial charge in [-0.1, -0.05) is 0 Å². The molecule has 5 heteroatoms. The minimum atomic E-state index is -1.29. The van der Waals surface area contributed by atoms with Crippen molar-refractivity contribution >= 4 is 0 Å². The molecule has 2 N–H and O–H groups in total. The first kappa shape index (κ1) is 10.5. The summed E-state index contributed by atoms with van der Waals surface area (Å²) < 4.78 is 5.33. The molecule has 0 aromatic heterocycles. The Morgan fingerprint density at radius 3 is 2.71 bits per heavy atom. The van der Waals surface area contributed by atoms with Gasteiger partial charge in [-0.05, 0) is 6.92 Å². The van der Waals surface area contributed by atoms with Crippen LogP contribution in [0.25, 0.3) is 4.85 Å². The van der Waals surface area contributed by atoms with Crippen LogP contribution < -0.4 is 5.73 Å². The molecule has 1 unspecified atom stereocenters. The standard InChI is InChI=1S/C9H10N4O/c1-6-9(12,5-11)7(3-10)8(14-6)4-13-2/h6-8H,4,12H2,1H3/t6-,7?,8+,9-/m0/s1. The smallest absolute Gasteiger partial charge is 0.241 e. The van der Waals surface area contributed by atoms with Crippen LogP contribution in [-0.2, 0) is 4.74 Å². The first-order chi connectivity index (χ1) is 6.60. The Morgan fingerprint density at radius 1 is 1.64 bits per heavy atom. The van der Waals surface area contributed by atoms with Gasteiger partial charge in [-0.15, -0.1) is 0 Å². The molecule has 4 atom stereocenters. The maximum absolute atomic E-state index is 8.90. The molecule has 0 aliphatic carbocycles. The van der Waals surface area contributed by atoms with Crippen LogP contribution in [0.15, 0.2) is 0 Å². The molecule has 0 radical (unpaired) electrons. The molecule has 72 valence electrons. The van der Waals surface area contributed by atoms with Gasteiger partial charge in [0.2, 0.25) is 6.54 Å². The van der Waals surface area contributed by atoms with Gasteiger partial charge in [0.1, 0.15) is 17.6 Å². The summed E-state index contributed by atoms with van der Waals surface area (Å²) in [6, 6.07) is 3.86. The van der Waals surface area contributed by atoms with Gasteiger partial charge >= 0.3 is 0 Å². The summed E-state index contributed by atoms with van der Waals surface area (Å²) in [5.41, 5.74) is 4.48. The van der Waals surface area contributed by atoms with E-state index in [4.69, 9.17) is 27.6 Å². The lowest BCUT2D eigenvalue weighted by Gasteiger charge is -2.20. The average Bonchev–Trinajstić information content (AvgIpc) is 2.40. The van der Waals surface area contributed by atoms with E-state index in [2.05, 4.69) is 4.85 Å². The Balaban J connectivity index is 2.98.